The van der Waals surface area contributed by atoms with Gasteiger partial charge in [-0.2, -0.15) is 0 Å². The zero-order valence-electron chi connectivity index (χ0n) is 10.3. The molecular weight excluding hydrogens is 321 g/mol. The Kier molecular flexibility index (Phi) is 6.09. The molecule has 0 aromatic heterocycles. The van der Waals surface area contributed by atoms with Crippen LogP contribution in [0.5, 0.6) is 0 Å². The zero-order valence-corrected chi connectivity index (χ0v) is 12.7. The Morgan fingerprint density at radius 2 is 2.17 bits per heavy atom. The van der Waals surface area contributed by atoms with E-state index < -0.39 is 11.7 Å². The average Bonchev–Trinajstić information content (AvgIpc) is 2.30. The summed E-state index contributed by atoms with van der Waals surface area (Å²) in [5, 5.41) is 2.75. The third-order valence-corrected chi connectivity index (χ3v) is 3.32. The first-order valence-electron chi connectivity index (χ1n) is 5.76. The quantitative estimate of drug-likeness (QED) is 0.810. The van der Waals surface area contributed by atoms with Crippen LogP contribution in [0.15, 0.2) is 22.7 Å². The van der Waals surface area contributed by atoms with E-state index in [2.05, 4.69) is 21.2 Å². The zero-order chi connectivity index (χ0) is 13.7. The topological polar surface area (TPSA) is 29.1 Å². The molecule has 2 nitrogen and oxygen atoms in total. The van der Waals surface area contributed by atoms with Gasteiger partial charge in [-0.25, -0.2) is 4.39 Å². The van der Waals surface area contributed by atoms with Crippen molar-refractivity contribution in [1.82, 2.24) is 5.32 Å². The molecule has 1 rings (SSSR count). The summed E-state index contributed by atoms with van der Waals surface area (Å²) >= 11 is 9.01. The van der Waals surface area contributed by atoms with Crippen LogP contribution in [-0.4, -0.2) is 17.8 Å². The van der Waals surface area contributed by atoms with E-state index in [0.717, 1.165) is 6.42 Å². The van der Waals surface area contributed by atoms with Gasteiger partial charge >= 0.3 is 0 Å². The molecule has 100 valence electrons. The normalized spacial score (nSPS) is 12.6. The highest BCUT2D eigenvalue weighted by molar-refractivity contribution is 9.10. The number of hydrogen-bond acceptors (Lipinski definition) is 1. The van der Waals surface area contributed by atoms with Gasteiger partial charge < -0.3 is 5.32 Å². The van der Waals surface area contributed by atoms with Gasteiger partial charge in [-0.05, 0) is 30.5 Å². The molecule has 0 spiro atoms. The van der Waals surface area contributed by atoms with E-state index in [1.165, 1.54) is 12.1 Å². The van der Waals surface area contributed by atoms with Crippen molar-refractivity contribution in [3.63, 3.8) is 0 Å². The lowest BCUT2D eigenvalue weighted by Gasteiger charge is -2.18. The van der Waals surface area contributed by atoms with Gasteiger partial charge in [0.05, 0.1) is 5.56 Å². The first-order valence-corrected chi connectivity index (χ1v) is 7.08. The second-order valence-corrected chi connectivity index (χ2v) is 5.80. The molecule has 0 radical (unpaired) electrons. The summed E-state index contributed by atoms with van der Waals surface area (Å²) in [7, 11) is 0. The fourth-order valence-corrected chi connectivity index (χ4v) is 2.23. The maximum Gasteiger partial charge on any atom is 0.254 e. The molecule has 1 aromatic carbocycles. The molecule has 18 heavy (non-hydrogen) atoms. The Morgan fingerprint density at radius 3 is 2.72 bits per heavy atom. The molecule has 0 saturated heterocycles. The molecule has 0 aliphatic heterocycles. The monoisotopic (exact) mass is 335 g/mol. The number of amides is 1. The molecular formula is C13H16BrClFNO. The SMILES string of the molecule is CC(C)CC(CCl)NC(=O)c1cc(Br)ccc1F. The van der Waals surface area contributed by atoms with Gasteiger partial charge in [-0.3, -0.25) is 4.79 Å². The van der Waals surface area contributed by atoms with Crippen LogP contribution in [0.4, 0.5) is 4.39 Å². The van der Waals surface area contributed by atoms with Gasteiger partial charge in [0.25, 0.3) is 5.91 Å². The van der Waals surface area contributed by atoms with Crippen LogP contribution >= 0.6 is 27.5 Å². The van der Waals surface area contributed by atoms with Crippen molar-refractivity contribution >= 4 is 33.4 Å². The Labute approximate surface area is 120 Å². The summed E-state index contributed by atoms with van der Waals surface area (Å²) < 4.78 is 14.2. The van der Waals surface area contributed by atoms with Gasteiger partial charge in [0.2, 0.25) is 0 Å². The third kappa shape index (κ3) is 4.58. The van der Waals surface area contributed by atoms with Crippen LogP contribution in [-0.2, 0) is 0 Å². The average molecular weight is 337 g/mol. The van der Waals surface area contributed by atoms with Gasteiger partial charge in [0.1, 0.15) is 5.82 Å². The van der Waals surface area contributed by atoms with Crippen molar-refractivity contribution in [2.45, 2.75) is 26.3 Å². The largest absolute Gasteiger partial charge is 0.348 e. The van der Waals surface area contributed by atoms with Crippen LogP contribution in [0.3, 0.4) is 0 Å². The minimum absolute atomic E-state index is 0.0308. The van der Waals surface area contributed by atoms with Crippen LogP contribution < -0.4 is 5.32 Å². The minimum atomic E-state index is -0.534. The summed E-state index contributed by atoms with van der Waals surface area (Å²) in [6, 6.07) is 4.14. The van der Waals surface area contributed by atoms with E-state index in [1.807, 2.05) is 13.8 Å². The van der Waals surface area contributed by atoms with Gasteiger partial charge in [0.15, 0.2) is 0 Å². The van der Waals surface area contributed by atoms with Crippen LogP contribution in [0.1, 0.15) is 30.6 Å². The molecule has 1 amide bonds. The summed E-state index contributed by atoms with van der Waals surface area (Å²) in [6.45, 7) is 4.09. The van der Waals surface area contributed by atoms with Crippen molar-refractivity contribution in [3.8, 4) is 0 Å². The van der Waals surface area contributed by atoms with Crippen LogP contribution in [0.2, 0.25) is 0 Å². The molecule has 5 heteroatoms. The Balaban J connectivity index is 2.77. The third-order valence-electron chi connectivity index (χ3n) is 2.45. The first kappa shape index (κ1) is 15.4. The molecule has 0 aliphatic rings. The Morgan fingerprint density at radius 1 is 1.50 bits per heavy atom. The van der Waals surface area contributed by atoms with E-state index in [0.29, 0.717) is 16.3 Å². The minimum Gasteiger partial charge on any atom is -0.348 e. The highest BCUT2D eigenvalue weighted by atomic mass is 79.9. The summed E-state index contributed by atoms with van der Waals surface area (Å²) in [6.07, 6.45) is 0.769. The van der Waals surface area contributed by atoms with E-state index in [-0.39, 0.29) is 11.6 Å². The number of carbonyl (C=O) groups excluding carboxylic acids is 1. The predicted octanol–water partition coefficient (Wildman–Crippen LogP) is 3.97. The number of halogens is 3. The predicted molar refractivity (Wildman–Crippen MR) is 75.5 cm³/mol. The molecule has 0 saturated carbocycles. The number of rotatable bonds is 5. The number of carbonyl (C=O) groups is 1. The molecule has 1 atom stereocenters. The first-order chi connectivity index (χ1) is 8.43. The standard InChI is InChI=1S/C13H16BrClFNO/c1-8(2)5-10(7-15)17-13(18)11-6-9(14)3-4-12(11)16/h3-4,6,8,10H,5,7H2,1-2H3,(H,17,18). The lowest BCUT2D eigenvalue weighted by Crippen LogP contribution is -2.37. The highest BCUT2D eigenvalue weighted by Crippen LogP contribution is 2.16. The molecule has 1 aromatic rings. The van der Waals surface area contributed by atoms with Gasteiger partial charge in [-0.15, -0.1) is 11.6 Å². The summed E-state index contributed by atoms with van der Waals surface area (Å²) in [4.78, 5) is 11.9. The van der Waals surface area contributed by atoms with Crippen molar-refractivity contribution in [2.24, 2.45) is 5.92 Å². The van der Waals surface area contributed by atoms with Gasteiger partial charge in [-0.1, -0.05) is 29.8 Å². The number of nitrogens with one attached hydrogen (secondary N) is 1. The van der Waals surface area contributed by atoms with Crippen molar-refractivity contribution in [1.29, 1.82) is 0 Å². The van der Waals surface area contributed by atoms with Crippen molar-refractivity contribution in [3.05, 3.63) is 34.1 Å². The lowest BCUT2D eigenvalue weighted by molar-refractivity contribution is 0.0932. The van der Waals surface area contributed by atoms with Crippen molar-refractivity contribution in [2.75, 3.05) is 5.88 Å². The number of hydrogen-bond donors (Lipinski definition) is 1. The molecule has 0 bridgehead atoms. The molecule has 0 aliphatic carbocycles. The summed E-state index contributed by atoms with van der Waals surface area (Å²) in [5.74, 6) is -0.227. The highest BCUT2D eigenvalue weighted by Gasteiger charge is 2.17. The number of benzene rings is 1. The van der Waals surface area contributed by atoms with E-state index >= 15 is 0 Å². The van der Waals surface area contributed by atoms with E-state index in [1.54, 1.807) is 6.07 Å². The lowest BCUT2D eigenvalue weighted by atomic mass is 10.0. The second-order valence-electron chi connectivity index (χ2n) is 4.58. The Bertz CT molecular complexity index is 425. The Hall–Kier alpha value is -0.610. The smallest absolute Gasteiger partial charge is 0.254 e. The van der Waals surface area contributed by atoms with Crippen LogP contribution in [0, 0.1) is 11.7 Å². The van der Waals surface area contributed by atoms with Crippen LogP contribution in [0.25, 0.3) is 0 Å². The van der Waals surface area contributed by atoms with Gasteiger partial charge in [0, 0.05) is 16.4 Å². The van der Waals surface area contributed by atoms with Crippen molar-refractivity contribution < 1.29 is 9.18 Å². The fourth-order valence-electron chi connectivity index (χ4n) is 1.66. The maximum atomic E-state index is 13.5. The molecule has 0 fully saturated rings. The molecule has 0 heterocycles. The molecule has 1 unspecified atom stereocenters. The fraction of sp³-hybridized carbons (Fsp3) is 0.462. The van der Waals surface area contributed by atoms with E-state index in [4.69, 9.17) is 11.6 Å². The summed E-state index contributed by atoms with van der Waals surface area (Å²) in [5.41, 5.74) is 0.0308. The maximum absolute atomic E-state index is 13.5. The molecule has 1 N–H and O–H groups in total. The van der Waals surface area contributed by atoms with E-state index in [9.17, 15) is 9.18 Å². The number of alkyl halides is 1. The second kappa shape index (κ2) is 7.10.